The summed E-state index contributed by atoms with van der Waals surface area (Å²) < 4.78 is 6.18. The quantitative estimate of drug-likeness (QED) is 0.618. The van der Waals surface area contributed by atoms with Crippen LogP contribution in [0.25, 0.3) is 0 Å². The van der Waals surface area contributed by atoms with Crippen molar-refractivity contribution >= 4 is 23.2 Å². The fourth-order valence-electron chi connectivity index (χ4n) is 3.32. The van der Waals surface area contributed by atoms with Crippen LogP contribution in [0.15, 0.2) is 18.2 Å². The first-order chi connectivity index (χ1) is 10.0. The SMILES string of the molecule is CCOC1(C(NN)c2cc(Cl)ccc2Cl)CCC(C)CC1. The molecule has 0 aromatic heterocycles. The smallest absolute Gasteiger partial charge is 0.0889 e. The van der Waals surface area contributed by atoms with Gasteiger partial charge in [0.15, 0.2) is 0 Å². The van der Waals surface area contributed by atoms with Gasteiger partial charge in [-0.05, 0) is 62.3 Å². The molecule has 2 rings (SSSR count). The topological polar surface area (TPSA) is 47.3 Å². The minimum atomic E-state index is -0.315. The van der Waals surface area contributed by atoms with Crippen LogP contribution in [0.2, 0.25) is 10.0 Å². The molecule has 0 aliphatic heterocycles. The van der Waals surface area contributed by atoms with Crippen LogP contribution >= 0.6 is 23.2 Å². The van der Waals surface area contributed by atoms with Gasteiger partial charge in [0, 0.05) is 16.7 Å². The molecule has 0 heterocycles. The van der Waals surface area contributed by atoms with Crippen molar-refractivity contribution in [3.05, 3.63) is 33.8 Å². The summed E-state index contributed by atoms with van der Waals surface area (Å²) in [5.74, 6) is 6.60. The molecule has 0 spiro atoms. The van der Waals surface area contributed by atoms with Crippen LogP contribution < -0.4 is 11.3 Å². The Morgan fingerprint density at radius 3 is 2.62 bits per heavy atom. The van der Waals surface area contributed by atoms with Crippen LogP contribution in [-0.2, 0) is 4.74 Å². The maximum atomic E-state index is 6.37. The minimum Gasteiger partial charge on any atom is -0.373 e. The van der Waals surface area contributed by atoms with E-state index in [9.17, 15) is 0 Å². The maximum absolute atomic E-state index is 6.37. The van der Waals surface area contributed by atoms with Crippen LogP contribution in [0, 0.1) is 5.92 Å². The molecule has 1 aliphatic carbocycles. The average Bonchev–Trinajstić information content (AvgIpc) is 2.47. The van der Waals surface area contributed by atoms with Gasteiger partial charge in [-0.15, -0.1) is 0 Å². The van der Waals surface area contributed by atoms with E-state index in [0.717, 1.165) is 37.2 Å². The van der Waals surface area contributed by atoms with Gasteiger partial charge >= 0.3 is 0 Å². The number of benzene rings is 1. The number of rotatable bonds is 5. The lowest BCUT2D eigenvalue weighted by Gasteiger charge is -2.44. The fraction of sp³-hybridized carbons (Fsp3) is 0.625. The lowest BCUT2D eigenvalue weighted by molar-refractivity contribution is -0.0976. The first kappa shape index (κ1) is 17.0. The molecule has 1 unspecified atom stereocenters. The fourth-order valence-corrected chi connectivity index (χ4v) is 3.72. The zero-order valence-electron chi connectivity index (χ0n) is 12.7. The molecule has 3 N–H and O–H groups in total. The summed E-state index contributed by atoms with van der Waals surface area (Å²) in [4.78, 5) is 0. The number of hydrogen-bond acceptors (Lipinski definition) is 3. The number of ether oxygens (including phenoxy) is 1. The van der Waals surface area contributed by atoms with E-state index in [1.54, 1.807) is 6.07 Å². The summed E-state index contributed by atoms with van der Waals surface area (Å²) in [6, 6.07) is 5.33. The predicted octanol–water partition coefficient (Wildman–Crippen LogP) is 4.48. The second kappa shape index (κ2) is 7.30. The molecule has 0 radical (unpaired) electrons. The van der Waals surface area contributed by atoms with Crippen molar-refractivity contribution in [3.63, 3.8) is 0 Å². The third kappa shape index (κ3) is 3.72. The van der Waals surface area contributed by atoms with Gasteiger partial charge < -0.3 is 4.74 Å². The van der Waals surface area contributed by atoms with Gasteiger partial charge in [-0.2, -0.15) is 0 Å². The van der Waals surface area contributed by atoms with Gasteiger partial charge in [0.25, 0.3) is 0 Å². The summed E-state index contributed by atoms with van der Waals surface area (Å²) >= 11 is 12.5. The van der Waals surface area contributed by atoms with Crippen molar-refractivity contribution in [1.82, 2.24) is 5.43 Å². The van der Waals surface area contributed by atoms with Gasteiger partial charge in [0.1, 0.15) is 0 Å². The van der Waals surface area contributed by atoms with Crippen LogP contribution in [0.3, 0.4) is 0 Å². The van der Waals surface area contributed by atoms with Crippen LogP contribution in [0.4, 0.5) is 0 Å². The van der Waals surface area contributed by atoms with E-state index in [4.69, 9.17) is 33.8 Å². The molecule has 0 bridgehead atoms. The second-order valence-electron chi connectivity index (χ2n) is 5.95. The summed E-state index contributed by atoms with van der Waals surface area (Å²) in [7, 11) is 0. The molecule has 1 aromatic rings. The minimum absolute atomic E-state index is 0.156. The largest absolute Gasteiger partial charge is 0.373 e. The average molecular weight is 331 g/mol. The van der Waals surface area contributed by atoms with Gasteiger partial charge in [-0.3, -0.25) is 11.3 Å². The molecule has 1 aliphatic rings. The monoisotopic (exact) mass is 330 g/mol. The molecule has 3 nitrogen and oxygen atoms in total. The Kier molecular flexibility index (Phi) is 5.92. The standard InChI is InChI=1S/C16H24Cl2N2O/c1-3-21-16(8-6-11(2)7-9-16)15(20-19)13-10-12(17)4-5-14(13)18/h4-5,10-11,15,20H,3,6-9,19H2,1-2H3. The van der Waals surface area contributed by atoms with Crippen molar-refractivity contribution in [2.75, 3.05) is 6.61 Å². The number of nitrogens with one attached hydrogen (secondary N) is 1. The first-order valence-corrected chi connectivity index (χ1v) is 8.33. The van der Waals surface area contributed by atoms with E-state index < -0.39 is 0 Å². The van der Waals surface area contributed by atoms with Crippen molar-refractivity contribution in [3.8, 4) is 0 Å². The molecular weight excluding hydrogens is 307 g/mol. The highest BCUT2D eigenvalue weighted by Gasteiger charge is 2.43. The highest BCUT2D eigenvalue weighted by molar-refractivity contribution is 6.33. The lowest BCUT2D eigenvalue weighted by Crippen LogP contribution is -2.50. The lowest BCUT2D eigenvalue weighted by atomic mass is 9.73. The first-order valence-electron chi connectivity index (χ1n) is 7.57. The zero-order chi connectivity index (χ0) is 15.5. The highest BCUT2D eigenvalue weighted by Crippen LogP contribution is 2.44. The van der Waals surface area contributed by atoms with E-state index in [0.29, 0.717) is 16.7 Å². The van der Waals surface area contributed by atoms with E-state index in [-0.39, 0.29) is 11.6 Å². The summed E-state index contributed by atoms with van der Waals surface area (Å²) in [5.41, 5.74) is 3.53. The highest BCUT2D eigenvalue weighted by atomic mass is 35.5. The molecule has 21 heavy (non-hydrogen) atoms. The summed E-state index contributed by atoms with van der Waals surface area (Å²) in [5, 5.41) is 1.32. The Morgan fingerprint density at radius 2 is 2.05 bits per heavy atom. The molecule has 1 fully saturated rings. The number of nitrogens with two attached hydrogens (primary N) is 1. The van der Waals surface area contributed by atoms with E-state index >= 15 is 0 Å². The number of halogens is 2. The normalized spacial score (nSPS) is 27.6. The number of hydrazine groups is 1. The van der Waals surface area contributed by atoms with Gasteiger partial charge in [0.05, 0.1) is 11.6 Å². The maximum Gasteiger partial charge on any atom is 0.0889 e. The van der Waals surface area contributed by atoms with Crippen molar-refractivity contribution in [2.45, 2.75) is 51.2 Å². The Balaban J connectivity index is 2.38. The third-order valence-corrected chi connectivity index (χ3v) is 5.09. The summed E-state index contributed by atoms with van der Waals surface area (Å²) in [6.07, 6.45) is 4.21. The van der Waals surface area contributed by atoms with Crippen molar-refractivity contribution in [1.29, 1.82) is 0 Å². The van der Waals surface area contributed by atoms with Crippen LogP contribution in [-0.4, -0.2) is 12.2 Å². The predicted molar refractivity (Wildman–Crippen MR) is 88.5 cm³/mol. The van der Waals surface area contributed by atoms with Crippen LogP contribution in [0.1, 0.15) is 51.1 Å². The van der Waals surface area contributed by atoms with E-state index in [1.807, 2.05) is 19.1 Å². The Morgan fingerprint density at radius 1 is 1.38 bits per heavy atom. The molecular formula is C16H24Cl2N2O. The second-order valence-corrected chi connectivity index (χ2v) is 6.79. The molecule has 0 saturated heterocycles. The molecule has 118 valence electrons. The summed E-state index contributed by atoms with van der Waals surface area (Å²) in [6.45, 7) is 4.96. The van der Waals surface area contributed by atoms with Crippen molar-refractivity contribution < 1.29 is 4.74 Å². The van der Waals surface area contributed by atoms with Gasteiger partial charge in [0.2, 0.25) is 0 Å². The molecule has 1 saturated carbocycles. The molecule has 1 aromatic carbocycles. The molecule has 5 heteroatoms. The van der Waals surface area contributed by atoms with Crippen LogP contribution in [0.5, 0.6) is 0 Å². The Labute approximate surface area is 137 Å². The van der Waals surface area contributed by atoms with Gasteiger partial charge in [-0.25, -0.2) is 0 Å². The molecule has 1 atom stereocenters. The van der Waals surface area contributed by atoms with Gasteiger partial charge in [-0.1, -0.05) is 30.1 Å². The van der Waals surface area contributed by atoms with Crippen molar-refractivity contribution in [2.24, 2.45) is 11.8 Å². The van der Waals surface area contributed by atoms with E-state index in [2.05, 4.69) is 12.3 Å². The molecule has 0 amide bonds. The van der Waals surface area contributed by atoms with E-state index in [1.165, 1.54) is 0 Å². The zero-order valence-corrected chi connectivity index (χ0v) is 14.2. The Bertz CT molecular complexity index is 473. The third-order valence-electron chi connectivity index (χ3n) is 4.51. The number of hydrogen-bond donors (Lipinski definition) is 2. The Hall–Kier alpha value is -0.320.